The average Bonchev–Trinajstić information content (AvgIpc) is 2.84. The number of hydrogen-bond donors (Lipinski definition) is 0. The van der Waals surface area contributed by atoms with Crippen LogP contribution in [0.25, 0.3) is 0 Å². The molecule has 0 saturated heterocycles. The van der Waals surface area contributed by atoms with Crippen molar-refractivity contribution in [1.82, 2.24) is 0 Å². The van der Waals surface area contributed by atoms with Gasteiger partial charge in [-0.25, -0.2) is 4.79 Å². The molecule has 3 heteroatoms. The Morgan fingerprint density at radius 2 is 1.03 bits per heavy atom. The maximum atomic E-state index is 13.0. The standard InChI is InChI=1S/C28H25NO2/c30-28(31-22-25-16-8-3-9-17-25)26-18-10-11-19-27(26)29(20-23-12-4-1-5-13-23)21-24-14-6-2-7-15-24/h1-19H,20-22H2. The van der Waals surface area contributed by atoms with Crippen molar-refractivity contribution in [2.75, 3.05) is 4.90 Å². The molecule has 0 aliphatic rings. The molecule has 0 aliphatic heterocycles. The molecule has 0 N–H and O–H groups in total. The van der Waals surface area contributed by atoms with Gasteiger partial charge in [0.05, 0.1) is 11.3 Å². The summed E-state index contributed by atoms with van der Waals surface area (Å²) in [6.07, 6.45) is 0. The zero-order valence-electron chi connectivity index (χ0n) is 17.4. The molecule has 3 nitrogen and oxygen atoms in total. The van der Waals surface area contributed by atoms with Crippen molar-refractivity contribution < 1.29 is 9.53 Å². The maximum Gasteiger partial charge on any atom is 0.340 e. The van der Waals surface area contributed by atoms with Crippen LogP contribution in [-0.2, 0) is 24.4 Å². The van der Waals surface area contributed by atoms with E-state index >= 15 is 0 Å². The highest BCUT2D eigenvalue weighted by Crippen LogP contribution is 2.26. The lowest BCUT2D eigenvalue weighted by Gasteiger charge is -2.27. The third kappa shape index (κ3) is 5.61. The van der Waals surface area contributed by atoms with Gasteiger partial charge in [0.15, 0.2) is 0 Å². The molecule has 0 aromatic heterocycles. The molecule has 0 heterocycles. The highest BCUT2D eigenvalue weighted by Gasteiger charge is 2.18. The second kappa shape index (κ2) is 10.3. The van der Waals surface area contributed by atoms with Gasteiger partial charge < -0.3 is 9.64 Å². The lowest BCUT2D eigenvalue weighted by atomic mass is 10.1. The minimum absolute atomic E-state index is 0.255. The number of hydrogen-bond acceptors (Lipinski definition) is 3. The molecule has 0 aliphatic carbocycles. The molecule has 4 aromatic carbocycles. The van der Waals surface area contributed by atoms with E-state index in [1.54, 1.807) is 0 Å². The predicted molar refractivity (Wildman–Crippen MR) is 125 cm³/mol. The number of carbonyl (C=O) groups excluding carboxylic acids is 1. The van der Waals surface area contributed by atoms with E-state index in [2.05, 4.69) is 29.2 Å². The molecule has 154 valence electrons. The third-order valence-corrected chi connectivity index (χ3v) is 5.11. The number of esters is 1. The zero-order valence-corrected chi connectivity index (χ0v) is 17.4. The summed E-state index contributed by atoms with van der Waals surface area (Å²) in [6, 6.07) is 38.0. The predicted octanol–water partition coefficient (Wildman–Crippen LogP) is 6.25. The van der Waals surface area contributed by atoms with Crippen LogP contribution < -0.4 is 4.90 Å². The summed E-state index contributed by atoms with van der Waals surface area (Å²) in [7, 11) is 0. The first kappa shape index (κ1) is 20.4. The number of para-hydroxylation sites is 1. The van der Waals surface area contributed by atoms with Crippen LogP contribution in [0, 0.1) is 0 Å². The molecule has 0 atom stereocenters. The second-order valence-electron chi connectivity index (χ2n) is 7.41. The Labute approximate surface area is 183 Å². The first-order valence-corrected chi connectivity index (χ1v) is 10.4. The van der Waals surface area contributed by atoms with Crippen LogP contribution in [0.2, 0.25) is 0 Å². The van der Waals surface area contributed by atoms with Gasteiger partial charge in [0, 0.05) is 13.1 Å². The molecule has 0 amide bonds. The fraction of sp³-hybridized carbons (Fsp3) is 0.107. The molecule has 0 unspecified atom stereocenters. The van der Waals surface area contributed by atoms with Gasteiger partial charge in [-0.05, 0) is 28.8 Å². The minimum atomic E-state index is -0.314. The number of anilines is 1. The van der Waals surface area contributed by atoms with E-state index in [1.807, 2.05) is 91.0 Å². The summed E-state index contributed by atoms with van der Waals surface area (Å²) >= 11 is 0. The molecular formula is C28H25NO2. The Bertz CT molecular complexity index is 1050. The van der Waals surface area contributed by atoms with Gasteiger partial charge in [0.1, 0.15) is 6.61 Å². The zero-order chi connectivity index (χ0) is 21.3. The van der Waals surface area contributed by atoms with Crippen molar-refractivity contribution in [3.8, 4) is 0 Å². The minimum Gasteiger partial charge on any atom is -0.457 e. The normalized spacial score (nSPS) is 10.5. The summed E-state index contributed by atoms with van der Waals surface area (Å²) in [5, 5.41) is 0. The van der Waals surface area contributed by atoms with E-state index < -0.39 is 0 Å². The first-order chi connectivity index (χ1) is 15.3. The van der Waals surface area contributed by atoms with Gasteiger partial charge in [-0.1, -0.05) is 103 Å². The van der Waals surface area contributed by atoms with Crippen molar-refractivity contribution in [2.45, 2.75) is 19.7 Å². The number of benzene rings is 4. The molecule has 0 bridgehead atoms. The van der Waals surface area contributed by atoms with E-state index in [4.69, 9.17) is 4.74 Å². The molecule has 0 saturated carbocycles. The van der Waals surface area contributed by atoms with Gasteiger partial charge in [0.25, 0.3) is 0 Å². The summed E-state index contributed by atoms with van der Waals surface area (Å²) in [4.78, 5) is 15.2. The quantitative estimate of drug-likeness (QED) is 0.323. The Morgan fingerprint density at radius 1 is 0.581 bits per heavy atom. The molecular weight excluding hydrogens is 382 g/mol. The van der Waals surface area contributed by atoms with Crippen molar-refractivity contribution in [1.29, 1.82) is 0 Å². The second-order valence-corrected chi connectivity index (χ2v) is 7.41. The lowest BCUT2D eigenvalue weighted by molar-refractivity contribution is 0.0473. The fourth-order valence-electron chi connectivity index (χ4n) is 3.56. The molecule has 4 rings (SSSR count). The van der Waals surface area contributed by atoms with E-state index in [9.17, 15) is 4.79 Å². The molecule has 0 fully saturated rings. The monoisotopic (exact) mass is 407 g/mol. The SMILES string of the molecule is O=C(OCc1ccccc1)c1ccccc1N(Cc1ccccc1)Cc1ccccc1. The third-order valence-electron chi connectivity index (χ3n) is 5.11. The van der Waals surface area contributed by atoms with E-state index in [0.717, 1.165) is 11.3 Å². The average molecular weight is 408 g/mol. The van der Waals surface area contributed by atoms with Gasteiger partial charge in [-0.3, -0.25) is 0 Å². The van der Waals surface area contributed by atoms with Crippen LogP contribution in [0.4, 0.5) is 5.69 Å². The van der Waals surface area contributed by atoms with Crippen LogP contribution in [0.3, 0.4) is 0 Å². The Morgan fingerprint density at radius 3 is 1.58 bits per heavy atom. The first-order valence-electron chi connectivity index (χ1n) is 10.4. The number of carbonyl (C=O) groups is 1. The van der Waals surface area contributed by atoms with E-state index in [-0.39, 0.29) is 12.6 Å². The van der Waals surface area contributed by atoms with Crippen molar-refractivity contribution in [3.63, 3.8) is 0 Å². The molecule has 0 radical (unpaired) electrons. The Hall–Kier alpha value is -3.85. The Kier molecular flexibility index (Phi) is 6.76. The summed E-state index contributed by atoms with van der Waals surface area (Å²) < 4.78 is 5.64. The van der Waals surface area contributed by atoms with Crippen molar-refractivity contribution in [3.05, 3.63) is 138 Å². The van der Waals surface area contributed by atoms with Crippen LogP contribution in [0.15, 0.2) is 115 Å². The van der Waals surface area contributed by atoms with Crippen LogP contribution in [-0.4, -0.2) is 5.97 Å². The largest absolute Gasteiger partial charge is 0.457 e. The molecule has 4 aromatic rings. The van der Waals surface area contributed by atoms with Gasteiger partial charge in [-0.15, -0.1) is 0 Å². The van der Waals surface area contributed by atoms with Crippen LogP contribution in [0.5, 0.6) is 0 Å². The highest BCUT2D eigenvalue weighted by molar-refractivity contribution is 5.95. The number of ether oxygens (including phenoxy) is 1. The number of nitrogens with zero attached hydrogens (tertiary/aromatic N) is 1. The molecule has 31 heavy (non-hydrogen) atoms. The summed E-state index contributed by atoms with van der Waals surface area (Å²) in [5.74, 6) is -0.314. The van der Waals surface area contributed by atoms with E-state index in [0.29, 0.717) is 18.7 Å². The maximum absolute atomic E-state index is 13.0. The fourth-order valence-corrected chi connectivity index (χ4v) is 3.56. The van der Waals surface area contributed by atoms with Crippen molar-refractivity contribution >= 4 is 11.7 Å². The highest BCUT2D eigenvalue weighted by atomic mass is 16.5. The Balaban J connectivity index is 1.60. The van der Waals surface area contributed by atoms with Gasteiger partial charge in [0.2, 0.25) is 0 Å². The van der Waals surface area contributed by atoms with Gasteiger partial charge in [-0.2, -0.15) is 0 Å². The van der Waals surface area contributed by atoms with Crippen LogP contribution >= 0.6 is 0 Å². The smallest absolute Gasteiger partial charge is 0.340 e. The summed E-state index contributed by atoms with van der Waals surface area (Å²) in [5.41, 5.74) is 4.79. The van der Waals surface area contributed by atoms with E-state index in [1.165, 1.54) is 11.1 Å². The van der Waals surface area contributed by atoms with Crippen molar-refractivity contribution in [2.24, 2.45) is 0 Å². The van der Waals surface area contributed by atoms with Gasteiger partial charge >= 0.3 is 5.97 Å². The molecule has 0 spiro atoms. The topological polar surface area (TPSA) is 29.5 Å². The lowest BCUT2D eigenvalue weighted by Crippen LogP contribution is -2.24. The van der Waals surface area contributed by atoms with Crippen LogP contribution in [0.1, 0.15) is 27.0 Å². The number of rotatable bonds is 8. The summed E-state index contributed by atoms with van der Waals surface area (Å²) in [6.45, 7) is 1.64.